The van der Waals surface area contributed by atoms with Gasteiger partial charge in [-0.1, -0.05) is 0 Å². The average Bonchev–Trinajstić information content (AvgIpc) is 3.05. The molecule has 0 bridgehead atoms. The number of benzene rings is 1. The smallest absolute Gasteiger partial charge is 0.193 e. The highest BCUT2D eigenvalue weighted by molar-refractivity contribution is 7.90. The maximum atomic E-state index is 12.7. The first kappa shape index (κ1) is 23.5. The number of carbonyl (C=O) groups excluding carboxylic acids is 1. The van der Waals surface area contributed by atoms with Crippen molar-refractivity contribution in [3.63, 3.8) is 0 Å². The van der Waals surface area contributed by atoms with Crippen LogP contribution in [0.25, 0.3) is 11.3 Å². The maximum absolute atomic E-state index is 12.7. The summed E-state index contributed by atoms with van der Waals surface area (Å²) in [6.07, 6.45) is 5.12. The summed E-state index contributed by atoms with van der Waals surface area (Å²) in [4.78, 5) is 24.9. The first-order valence-electron chi connectivity index (χ1n) is 11.0. The maximum Gasteiger partial charge on any atom is 0.193 e. The zero-order valence-electron chi connectivity index (χ0n) is 19.7. The molecule has 2 aromatic rings. The summed E-state index contributed by atoms with van der Waals surface area (Å²) in [6.45, 7) is 6.47. The van der Waals surface area contributed by atoms with Crippen molar-refractivity contribution in [2.45, 2.75) is 56.5 Å². The van der Waals surface area contributed by atoms with Crippen molar-refractivity contribution in [3.05, 3.63) is 45.7 Å². The van der Waals surface area contributed by atoms with E-state index in [0.29, 0.717) is 36.6 Å². The molecular weight excluding hydrogens is 444 g/mol. The van der Waals surface area contributed by atoms with Crippen LogP contribution in [-0.2, 0) is 14.6 Å². The summed E-state index contributed by atoms with van der Waals surface area (Å²) in [5.41, 5.74) is 1.67. The van der Waals surface area contributed by atoms with Gasteiger partial charge < -0.3 is 9.47 Å². The van der Waals surface area contributed by atoms with Gasteiger partial charge in [0.2, 0.25) is 0 Å². The second-order valence-corrected chi connectivity index (χ2v) is 11.4. The number of aromatic nitrogens is 1. The predicted molar refractivity (Wildman–Crippen MR) is 126 cm³/mol. The van der Waals surface area contributed by atoms with E-state index in [2.05, 4.69) is 18.9 Å². The molecule has 1 atom stereocenters. The molecule has 33 heavy (non-hydrogen) atoms. The third kappa shape index (κ3) is 4.08. The van der Waals surface area contributed by atoms with Gasteiger partial charge in [-0.15, -0.1) is 0 Å². The fourth-order valence-electron chi connectivity index (χ4n) is 4.91. The summed E-state index contributed by atoms with van der Waals surface area (Å²) >= 11 is 0. The molecule has 3 heterocycles. The van der Waals surface area contributed by atoms with Crippen molar-refractivity contribution < 1.29 is 22.7 Å². The van der Waals surface area contributed by atoms with Crippen LogP contribution in [0, 0.1) is 0 Å². The number of sulfone groups is 1. The van der Waals surface area contributed by atoms with Gasteiger partial charge in [0.1, 0.15) is 10.6 Å². The first-order valence-corrected chi connectivity index (χ1v) is 12.9. The van der Waals surface area contributed by atoms with Gasteiger partial charge >= 0.3 is 0 Å². The molecule has 0 saturated carbocycles. The summed E-state index contributed by atoms with van der Waals surface area (Å²) in [5.74, 6) is 0.0134. The van der Waals surface area contributed by atoms with Crippen LogP contribution in [0.4, 0.5) is 0 Å². The van der Waals surface area contributed by atoms with Crippen molar-refractivity contribution >= 4 is 15.6 Å². The number of nitrogens with zero attached hydrogens (tertiary/aromatic N) is 2. The molecule has 2 aliphatic heterocycles. The molecule has 8 nitrogen and oxygen atoms in total. The topological polar surface area (TPSA) is 94.9 Å². The molecular formula is C24H30N2O6S. The number of fused-ring (bicyclic) bond motifs is 6. The number of rotatable bonds is 7. The van der Waals surface area contributed by atoms with Crippen LogP contribution in [0.1, 0.15) is 62.0 Å². The largest absolute Gasteiger partial charge is 0.492 e. The molecule has 1 aromatic carbocycles. The molecule has 0 aliphatic carbocycles. The van der Waals surface area contributed by atoms with Gasteiger partial charge in [-0.3, -0.25) is 19.3 Å². The molecule has 0 radical (unpaired) electrons. The second kappa shape index (κ2) is 8.29. The highest BCUT2D eigenvalue weighted by atomic mass is 32.2. The van der Waals surface area contributed by atoms with E-state index >= 15 is 0 Å². The highest BCUT2D eigenvalue weighted by Gasteiger charge is 2.45. The molecule has 9 heteroatoms. The van der Waals surface area contributed by atoms with E-state index in [9.17, 15) is 18.0 Å². The average molecular weight is 475 g/mol. The van der Waals surface area contributed by atoms with E-state index in [1.165, 1.54) is 13.0 Å². The number of hydrogen-bond acceptors (Lipinski definition) is 7. The third-order valence-electron chi connectivity index (χ3n) is 6.49. The van der Waals surface area contributed by atoms with Crippen LogP contribution in [0.2, 0.25) is 0 Å². The van der Waals surface area contributed by atoms with Crippen LogP contribution in [-0.4, -0.2) is 51.0 Å². The Labute approximate surface area is 194 Å². The number of ketones is 1. The zero-order chi connectivity index (χ0) is 24.1. The van der Waals surface area contributed by atoms with E-state index in [4.69, 9.17) is 9.47 Å². The Kier molecular flexibility index (Phi) is 5.90. The van der Waals surface area contributed by atoms with E-state index in [1.807, 2.05) is 10.7 Å². The zero-order valence-corrected chi connectivity index (χ0v) is 20.5. The standard InChI is InChI=1S/C24H30N2O6S/c1-15(27)18-14-25-20(13-21(18)28)17-12-23(33(5,29)30)22(32-10-6-9-31-4)11-16(17)19-7-8-24(2,3)26(19)25/h11-14,19H,6-10H2,1-5H3/t19-/m1/s1. The SMILES string of the molecule is COCCCOc1cc2c(cc1S(C)(=O)=O)-c1cc(=O)c(C(C)=O)cn1N1[C@@H]2CCC1(C)C. The van der Waals surface area contributed by atoms with Gasteiger partial charge in [0.05, 0.1) is 29.4 Å². The molecule has 0 amide bonds. The molecule has 4 rings (SSSR count). The minimum absolute atomic E-state index is 0.0419. The second-order valence-electron chi connectivity index (χ2n) is 9.40. The van der Waals surface area contributed by atoms with Crippen LogP contribution < -0.4 is 15.2 Å². The Hall–Kier alpha value is -2.65. The molecule has 1 saturated heterocycles. The Morgan fingerprint density at radius 2 is 1.94 bits per heavy atom. The number of ether oxygens (including phenoxy) is 2. The Morgan fingerprint density at radius 1 is 1.21 bits per heavy atom. The molecule has 178 valence electrons. The normalized spacial score (nSPS) is 18.5. The quantitative estimate of drug-likeness (QED) is 0.449. The Balaban J connectivity index is 1.96. The predicted octanol–water partition coefficient (Wildman–Crippen LogP) is 3.10. The Bertz CT molecular complexity index is 1280. The number of pyridine rings is 1. The lowest BCUT2D eigenvalue weighted by molar-refractivity contribution is 0.101. The van der Waals surface area contributed by atoms with Gasteiger partial charge in [-0.05, 0) is 51.3 Å². The molecule has 1 fully saturated rings. The van der Waals surface area contributed by atoms with Crippen LogP contribution in [0.3, 0.4) is 0 Å². The van der Waals surface area contributed by atoms with Gasteiger partial charge in [-0.25, -0.2) is 8.42 Å². The Morgan fingerprint density at radius 3 is 2.58 bits per heavy atom. The van der Waals surface area contributed by atoms with Crippen LogP contribution in [0.5, 0.6) is 5.75 Å². The summed E-state index contributed by atoms with van der Waals surface area (Å²) in [6, 6.07) is 4.81. The van der Waals surface area contributed by atoms with Crippen LogP contribution in [0.15, 0.2) is 34.1 Å². The first-order chi connectivity index (χ1) is 15.5. The summed E-state index contributed by atoms with van der Waals surface area (Å²) < 4.78 is 38.1. The fourth-order valence-corrected chi connectivity index (χ4v) is 5.72. The molecule has 1 aromatic heterocycles. The van der Waals surface area contributed by atoms with E-state index in [1.54, 1.807) is 19.4 Å². The minimum Gasteiger partial charge on any atom is -0.492 e. The van der Waals surface area contributed by atoms with Gasteiger partial charge in [0.15, 0.2) is 21.0 Å². The van der Waals surface area contributed by atoms with Gasteiger partial charge in [0.25, 0.3) is 0 Å². The van der Waals surface area contributed by atoms with Crippen LogP contribution >= 0.6 is 0 Å². The summed E-state index contributed by atoms with van der Waals surface area (Å²) in [7, 11) is -1.99. The number of Topliss-reactive ketones (excluding diaryl/α,β-unsaturated/α-hetero) is 1. The molecule has 0 spiro atoms. The van der Waals surface area contributed by atoms with Crippen molar-refractivity contribution in [2.75, 3.05) is 31.6 Å². The third-order valence-corrected chi connectivity index (χ3v) is 7.61. The van der Waals surface area contributed by atoms with E-state index < -0.39 is 9.84 Å². The fraction of sp³-hybridized carbons (Fsp3) is 0.500. The molecule has 0 N–H and O–H groups in total. The summed E-state index contributed by atoms with van der Waals surface area (Å²) in [5, 5.41) is 2.19. The minimum atomic E-state index is -3.60. The number of methoxy groups -OCH3 is 1. The lowest BCUT2D eigenvalue weighted by Crippen LogP contribution is -2.50. The monoisotopic (exact) mass is 474 g/mol. The highest BCUT2D eigenvalue weighted by Crippen LogP contribution is 2.49. The number of carbonyl (C=O) groups is 1. The molecule has 0 unspecified atom stereocenters. The van der Waals surface area contributed by atoms with Gasteiger partial charge in [0, 0.05) is 44.2 Å². The molecule has 2 aliphatic rings. The van der Waals surface area contributed by atoms with Crippen molar-refractivity contribution in [2.24, 2.45) is 0 Å². The number of hydrogen-bond donors (Lipinski definition) is 0. The lowest BCUT2D eigenvalue weighted by atomic mass is 9.93. The van der Waals surface area contributed by atoms with E-state index in [0.717, 1.165) is 24.7 Å². The van der Waals surface area contributed by atoms with Gasteiger partial charge in [-0.2, -0.15) is 0 Å². The van der Waals surface area contributed by atoms with Crippen molar-refractivity contribution in [1.82, 2.24) is 4.68 Å². The van der Waals surface area contributed by atoms with Crippen molar-refractivity contribution in [1.29, 1.82) is 0 Å². The lowest BCUT2D eigenvalue weighted by Gasteiger charge is -2.44. The van der Waals surface area contributed by atoms with Crippen molar-refractivity contribution in [3.8, 4) is 17.0 Å². The van der Waals surface area contributed by atoms with E-state index in [-0.39, 0.29) is 33.3 Å².